The van der Waals surface area contributed by atoms with Gasteiger partial charge in [-0.1, -0.05) is 18.6 Å². The zero-order valence-corrected chi connectivity index (χ0v) is 17.8. The highest BCUT2D eigenvalue weighted by Gasteiger charge is 2.27. The van der Waals surface area contributed by atoms with Crippen LogP contribution in [0.4, 0.5) is 0 Å². The predicted octanol–water partition coefficient (Wildman–Crippen LogP) is 2.52. The number of thiophene rings is 1. The van der Waals surface area contributed by atoms with Crippen LogP contribution in [0.5, 0.6) is 0 Å². The summed E-state index contributed by atoms with van der Waals surface area (Å²) in [5.74, 6) is 0.335. The molecule has 0 bridgehead atoms. The van der Waals surface area contributed by atoms with Gasteiger partial charge in [-0.15, -0.1) is 35.3 Å². The van der Waals surface area contributed by atoms with Crippen molar-refractivity contribution in [1.29, 1.82) is 0 Å². The van der Waals surface area contributed by atoms with E-state index in [1.807, 2.05) is 6.92 Å². The first-order valence-corrected chi connectivity index (χ1v) is 9.92. The fraction of sp³-hybridized carbons (Fsp3) is 0.533. The maximum Gasteiger partial charge on any atom is 0.252 e. The van der Waals surface area contributed by atoms with Crippen molar-refractivity contribution in [2.75, 3.05) is 19.6 Å². The third-order valence-corrected chi connectivity index (χ3v) is 6.96. The van der Waals surface area contributed by atoms with Gasteiger partial charge in [0.1, 0.15) is 4.21 Å². The third-order valence-electron chi connectivity index (χ3n) is 3.52. The van der Waals surface area contributed by atoms with Crippen molar-refractivity contribution in [3.8, 4) is 0 Å². The van der Waals surface area contributed by atoms with E-state index in [1.165, 1.54) is 11.3 Å². The lowest BCUT2D eigenvalue weighted by Gasteiger charge is -2.25. The first-order valence-electron chi connectivity index (χ1n) is 7.66. The van der Waals surface area contributed by atoms with Gasteiger partial charge in [0.25, 0.3) is 10.0 Å². The van der Waals surface area contributed by atoms with Crippen LogP contribution in [0.15, 0.2) is 33.5 Å². The molecule has 0 amide bonds. The van der Waals surface area contributed by atoms with Crippen molar-refractivity contribution in [1.82, 2.24) is 9.62 Å². The van der Waals surface area contributed by atoms with Gasteiger partial charge in [0, 0.05) is 24.5 Å². The van der Waals surface area contributed by atoms with Crippen molar-refractivity contribution in [3.05, 3.63) is 29.2 Å². The number of nitrogens with one attached hydrogen (secondary N) is 1. The largest absolute Gasteiger partial charge is 0.370 e. The minimum atomic E-state index is -3.36. The van der Waals surface area contributed by atoms with Gasteiger partial charge in [-0.2, -0.15) is 4.31 Å². The van der Waals surface area contributed by atoms with E-state index in [9.17, 15) is 8.42 Å². The summed E-state index contributed by atoms with van der Waals surface area (Å²) in [6.45, 7) is 7.86. The monoisotopic (exact) mass is 484 g/mol. The zero-order valence-electron chi connectivity index (χ0n) is 13.8. The Morgan fingerprint density at radius 2 is 2.04 bits per heavy atom. The van der Waals surface area contributed by atoms with Crippen LogP contribution in [0.3, 0.4) is 0 Å². The van der Waals surface area contributed by atoms with Gasteiger partial charge < -0.3 is 11.1 Å². The molecule has 1 fully saturated rings. The average molecular weight is 484 g/mol. The van der Waals surface area contributed by atoms with E-state index in [2.05, 4.69) is 16.9 Å². The SMILES string of the molecule is C=C(C)CNC(N)=NCc1ccc(S(=O)(=O)N2CCCCC2)s1.I. The van der Waals surface area contributed by atoms with Crippen LogP contribution in [-0.2, 0) is 16.6 Å². The van der Waals surface area contributed by atoms with Crippen LogP contribution < -0.4 is 11.1 Å². The summed E-state index contributed by atoms with van der Waals surface area (Å²) < 4.78 is 27.1. The van der Waals surface area contributed by atoms with Crippen molar-refractivity contribution < 1.29 is 8.42 Å². The molecule has 3 N–H and O–H groups in total. The molecule has 136 valence electrons. The second-order valence-corrected chi connectivity index (χ2v) is 9.03. The first kappa shape index (κ1) is 21.4. The smallest absolute Gasteiger partial charge is 0.252 e. The molecule has 2 rings (SSSR count). The summed E-state index contributed by atoms with van der Waals surface area (Å²) in [6, 6.07) is 3.47. The molecule has 1 aliphatic heterocycles. The molecule has 1 aromatic rings. The van der Waals surface area contributed by atoms with Crippen molar-refractivity contribution in [2.45, 2.75) is 36.9 Å². The zero-order chi connectivity index (χ0) is 16.9. The molecule has 0 aromatic carbocycles. The third kappa shape index (κ3) is 6.01. The summed E-state index contributed by atoms with van der Waals surface area (Å²) >= 11 is 1.26. The molecule has 9 heteroatoms. The van der Waals surface area contributed by atoms with E-state index in [0.29, 0.717) is 36.3 Å². The Hall–Kier alpha value is -0.650. The predicted molar refractivity (Wildman–Crippen MR) is 110 cm³/mol. The molecule has 0 unspecified atom stereocenters. The molecular formula is C15H25IN4O2S2. The number of sulfonamides is 1. The highest BCUT2D eigenvalue weighted by molar-refractivity contribution is 14.0. The van der Waals surface area contributed by atoms with Gasteiger partial charge in [0.15, 0.2) is 5.96 Å². The summed E-state index contributed by atoms with van der Waals surface area (Å²) in [6.07, 6.45) is 2.98. The molecule has 0 atom stereocenters. The Morgan fingerprint density at radius 1 is 1.38 bits per heavy atom. The molecule has 0 aliphatic carbocycles. The molecule has 1 aromatic heterocycles. The highest BCUT2D eigenvalue weighted by atomic mass is 127. The molecule has 24 heavy (non-hydrogen) atoms. The Bertz CT molecular complexity index is 679. The van der Waals surface area contributed by atoms with Gasteiger partial charge in [-0.3, -0.25) is 0 Å². The summed E-state index contributed by atoms with van der Waals surface area (Å²) in [5, 5.41) is 2.95. The molecule has 6 nitrogen and oxygen atoms in total. The number of halogens is 1. The second kappa shape index (κ2) is 9.73. The lowest BCUT2D eigenvalue weighted by Crippen LogP contribution is -2.35. The second-order valence-electron chi connectivity index (χ2n) is 5.70. The van der Waals surface area contributed by atoms with E-state index in [-0.39, 0.29) is 24.0 Å². The number of hydrogen-bond donors (Lipinski definition) is 2. The quantitative estimate of drug-likeness (QED) is 0.281. The van der Waals surface area contributed by atoms with Crippen LogP contribution in [-0.4, -0.2) is 38.3 Å². The average Bonchev–Trinajstić information content (AvgIpc) is 3.01. The van der Waals surface area contributed by atoms with Crippen LogP contribution in [0.2, 0.25) is 0 Å². The Balaban J connectivity index is 0.00000288. The summed E-state index contributed by atoms with van der Waals surface area (Å²) in [4.78, 5) is 5.09. The molecule has 2 heterocycles. The van der Waals surface area contributed by atoms with Crippen LogP contribution in [0, 0.1) is 0 Å². The van der Waals surface area contributed by atoms with Gasteiger partial charge in [-0.25, -0.2) is 13.4 Å². The fourth-order valence-corrected chi connectivity index (χ4v) is 5.23. The van der Waals surface area contributed by atoms with Crippen LogP contribution in [0.25, 0.3) is 0 Å². The molecule has 1 aliphatic rings. The van der Waals surface area contributed by atoms with Crippen LogP contribution in [0.1, 0.15) is 31.1 Å². The number of rotatable bonds is 6. The van der Waals surface area contributed by atoms with Crippen molar-refractivity contribution >= 4 is 51.3 Å². The standard InChI is InChI=1S/C15H24N4O2S2.HI/c1-12(2)10-17-15(16)18-11-13-6-7-14(22-13)23(20,21)19-8-4-3-5-9-19;/h6-7H,1,3-5,8-11H2,2H3,(H3,16,17,18);1H. The lowest BCUT2D eigenvalue weighted by molar-refractivity contribution is 0.347. The number of nitrogens with two attached hydrogens (primary N) is 1. The minimum Gasteiger partial charge on any atom is -0.370 e. The maximum atomic E-state index is 12.6. The number of aliphatic imine (C=N–C) groups is 1. The maximum absolute atomic E-state index is 12.6. The normalized spacial score (nSPS) is 16.5. The minimum absolute atomic E-state index is 0. The lowest BCUT2D eigenvalue weighted by atomic mass is 10.2. The van der Waals surface area contributed by atoms with E-state index in [1.54, 1.807) is 16.4 Å². The van der Waals surface area contributed by atoms with E-state index >= 15 is 0 Å². The van der Waals surface area contributed by atoms with Gasteiger partial charge in [0.2, 0.25) is 0 Å². The van der Waals surface area contributed by atoms with Gasteiger partial charge in [0.05, 0.1) is 6.54 Å². The molecule has 0 saturated carbocycles. The van der Waals surface area contributed by atoms with Crippen LogP contribution >= 0.6 is 35.3 Å². The van der Waals surface area contributed by atoms with E-state index < -0.39 is 10.0 Å². The number of guanidine groups is 1. The van der Waals surface area contributed by atoms with Crippen molar-refractivity contribution in [3.63, 3.8) is 0 Å². The Labute approximate surface area is 165 Å². The summed E-state index contributed by atoms with van der Waals surface area (Å²) in [5.41, 5.74) is 6.72. The summed E-state index contributed by atoms with van der Waals surface area (Å²) in [7, 11) is -3.36. The van der Waals surface area contributed by atoms with E-state index in [4.69, 9.17) is 5.73 Å². The van der Waals surface area contributed by atoms with Gasteiger partial charge in [-0.05, 0) is 31.9 Å². The number of piperidine rings is 1. The fourth-order valence-electron chi connectivity index (χ4n) is 2.27. The highest BCUT2D eigenvalue weighted by Crippen LogP contribution is 2.27. The molecule has 0 radical (unpaired) electrons. The molecular weight excluding hydrogens is 459 g/mol. The number of nitrogens with zero attached hydrogens (tertiary/aromatic N) is 2. The van der Waals surface area contributed by atoms with Gasteiger partial charge >= 0.3 is 0 Å². The molecule has 0 spiro atoms. The van der Waals surface area contributed by atoms with E-state index in [0.717, 1.165) is 29.7 Å². The number of hydrogen-bond acceptors (Lipinski definition) is 4. The Kier molecular flexibility index (Phi) is 8.68. The topological polar surface area (TPSA) is 87.8 Å². The molecule has 1 saturated heterocycles. The first-order chi connectivity index (χ1) is 10.9. The Morgan fingerprint density at radius 3 is 2.67 bits per heavy atom. The van der Waals surface area contributed by atoms with Crippen molar-refractivity contribution in [2.24, 2.45) is 10.7 Å².